The van der Waals surface area contributed by atoms with Gasteiger partial charge in [0.2, 0.25) is 0 Å². The van der Waals surface area contributed by atoms with Gasteiger partial charge in [0.05, 0.1) is 30.3 Å². The molecule has 2 N–H and O–H groups in total. The minimum absolute atomic E-state index is 0.0167. The molecule has 0 saturated carbocycles. The van der Waals surface area contributed by atoms with Gasteiger partial charge >= 0.3 is 5.97 Å². The van der Waals surface area contributed by atoms with Crippen LogP contribution in [0.4, 0.5) is 0 Å². The van der Waals surface area contributed by atoms with Crippen molar-refractivity contribution >= 4 is 17.5 Å². The molecule has 0 spiro atoms. The monoisotopic (exact) mass is 594 g/mol. The standard InChI is InChI=1S/C35H62O7/c1-3-4-5-6-7-8-9-10-11-14-21-31(38)33-23-24-34(42-33)32(39)22-15-12-13-18-29(37)19-16-17-20-30-26-28(25-27(2)36)35(40)41-30/h28,30-34,38-39H,3-26H2,1-2H3/t28-,30+,31-,32-,33-,34+/m1/s1. The van der Waals surface area contributed by atoms with Gasteiger partial charge in [-0.3, -0.25) is 9.59 Å². The summed E-state index contributed by atoms with van der Waals surface area (Å²) in [7, 11) is 0. The number of hydrogen-bond acceptors (Lipinski definition) is 7. The second-order valence-corrected chi connectivity index (χ2v) is 13.2. The molecule has 0 unspecified atom stereocenters. The van der Waals surface area contributed by atoms with E-state index in [0.717, 1.165) is 64.2 Å². The van der Waals surface area contributed by atoms with E-state index in [2.05, 4.69) is 6.92 Å². The number of carbonyl (C=O) groups excluding carboxylic acids is 3. The van der Waals surface area contributed by atoms with Crippen LogP contribution in [0.1, 0.15) is 168 Å². The third-order valence-electron chi connectivity index (χ3n) is 9.18. The fourth-order valence-corrected chi connectivity index (χ4v) is 6.55. The molecule has 7 heteroatoms. The topological polar surface area (TPSA) is 110 Å². The first-order valence-corrected chi connectivity index (χ1v) is 17.5. The molecule has 0 bridgehead atoms. The number of rotatable bonds is 26. The zero-order valence-corrected chi connectivity index (χ0v) is 26.9. The summed E-state index contributed by atoms with van der Waals surface area (Å²) < 4.78 is 11.4. The van der Waals surface area contributed by atoms with Crippen molar-refractivity contribution in [1.82, 2.24) is 0 Å². The Morgan fingerprint density at radius 3 is 1.81 bits per heavy atom. The highest BCUT2D eigenvalue weighted by Gasteiger charge is 2.35. The van der Waals surface area contributed by atoms with Crippen molar-refractivity contribution in [2.45, 2.75) is 198 Å². The molecule has 0 radical (unpaired) electrons. The summed E-state index contributed by atoms with van der Waals surface area (Å²) in [4.78, 5) is 35.3. The summed E-state index contributed by atoms with van der Waals surface area (Å²) in [5, 5.41) is 21.2. The molecule has 42 heavy (non-hydrogen) atoms. The van der Waals surface area contributed by atoms with Gasteiger partial charge in [-0.1, -0.05) is 84.0 Å². The van der Waals surface area contributed by atoms with E-state index in [9.17, 15) is 24.6 Å². The number of ketones is 2. The smallest absolute Gasteiger partial charge is 0.309 e. The lowest BCUT2D eigenvalue weighted by molar-refractivity contribution is -0.145. The summed E-state index contributed by atoms with van der Waals surface area (Å²) in [6, 6.07) is 0. The van der Waals surface area contributed by atoms with E-state index in [1.807, 2.05) is 0 Å². The zero-order chi connectivity index (χ0) is 30.6. The van der Waals surface area contributed by atoms with Gasteiger partial charge in [0.25, 0.3) is 0 Å². The highest BCUT2D eigenvalue weighted by atomic mass is 16.6. The van der Waals surface area contributed by atoms with Crippen molar-refractivity contribution < 1.29 is 34.1 Å². The summed E-state index contributed by atoms with van der Waals surface area (Å²) in [6.45, 7) is 3.75. The van der Waals surface area contributed by atoms with Gasteiger partial charge in [0.1, 0.15) is 17.7 Å². The second kappa shape index (κ2) is 22.2. The molecular formula is C35H62O7. The first-order chi connectivity index (χ1) is 20.3. The Hall–Kier alpha value is -1.31. The summed E-state index contributed by atoms with van der Waals surface area (Å²) in [6.07, 6.45) is 21.6. The van der Waals surface area contributed by atoms with E-state index in [-0.39, 0.29) is 48.2 Å². The molecule has 244 valence electrons. The first-order valence-electron chi connectivity index (χ1n) is 17.5. The summed E-state index contributed by atoms with van der Waals surface area (Å²) in [5.74, 6) is -0.261. The van der Waals surface area contributed by atoms with Gasteiger partial charge in [-0.15, -0.1) is 0 Å². The van der Waals surface area contributed by atoms with Gasteiger partial charge in [-0.2, -0.15) is 0 Å². The molecule has 0 aliphatic carbocycles. The quantitative estimate of drug-likeness (QED) is 0.0785. The maximum absolute atomic E-state index is 12.2. The van der Waals surface area contributed by atoms with E-state index in [4.69, 9.17) is 9.47 Å². The molecule has 2 saturated heterocycles. The highest BCUT2D eigenvalue weighted by Crippen LogP contribution is 2.29. The minimum Gasteiger partial charge on any atom is -0.462 e. The predicted octanol–water partition coefficient (Wildman–Crippen LogP) is 7.56. The van der Waals surface area contributed by atoms with Crippen LogP contribution in [0.25, 0.3) is 0 Å². The molecule has 0 amide bonds. The number of unbranched alkanes of at least 4 members (excludes halogenated alkanes) is 12. The van der Waals surface area contributed by atoms with Crippen molar-refractivity contribution in [3.05, 3.63) is 0 Å². The van der Waals surface area contributed by atoms with Crippen molar-refractivity contribution in [3.63, 3.8) is 0 Å². The lowest BCUT2D eigenvalue weighted by Crippen LogP contribution is -2.31. The van der Waals surface area contributed by atoms with Crippen molar-refractivity contribution in [3.8, 4) is 0 Å². The Kier molecular flexibility index (Phi) is 19.5. The maximum atomic E-state index is 12.2. The van der Waals surface area contributed by atoms with Crippen molar-refractivity contribution in [2.75, 3.05) is 0 Å². The van der Waals surface area contributed by atoms with Crippen LogP contribution in [-0.2, 0) is 23.9 Å². The summed E-state index contributed by atoms with van der Waals surface area (Å²) in [5.41, 5.74) is 0. The number of hydrogen-bond donors (Lipinski definition) is 2. The molecule has 2 aliphatic heterocycles. The van der Waals surface area contributed by atoms with Crippen molar-refractivity contribution in [1.29, 1.82) is 0 Å². The normalized spacial score (nSPS) is 23.7. The van der Waals surface area contributed by atoms with Gasteiger partial charge < -0.3 is 24.5 Å². The Labute approximate surface area is 255 Å². The van der Waals surface area contributed by atoms with Crippen LogP contribution >= 0.6 is 0 Å². The van der Waals surface area contributed by atoms with E-state index in [1.54, 1.807) is 0 Å². The van der Waals surface area contributed by atoms with Gasteiger partial charge in [-0.05, 0) is 64.7 Å². The summed E-state index contributed by atoms with van der Waals surface area (Å²) >= 11 is 0. The van der Waals surface area contributed by atoms with Gasteiger partial charge in [0, 0.05) is 19.3 Å². The molecule has 2 fully saturated rings. The van der Waals surface area contributed by atoms with Crippen LogP contribution in [0.3, 0.4) is 0 Å². The Morgan fingerprint density at radius 1 is 0.762 bits per heavy atom. The Bertz CT molecular complexity index is 754. The van der Waals surface area contributed by atoms with Crippen LogP contribution in [0, 0.1) is 5.92 Å². The minimum atomic E-state index is -0.505. The molecule has 2 rings (SSSR count). The average Bonchev–Trinajstić information content (AvgIpc) is 3.58. The molecule has 0 aromatic rings. The third kappa shape index (κ3) is 16.0. The van der Waals surface area contributed by atoms with E-state index in [1.165, 1.54) is 64.7 Å². The number of aliphatic hydroxyl groups is 2. The van der Waals surface area contributed by atoms with Crippen LogP contribution in [-0.4, -0.2) is 58.3 Å². The maximum Gasteiger partial charge on any atom is 0.309 e. The zero-order valence-electron chi connectivity index (χ0n) is 26.9. The number of cyclic esters (lactones) is 1. The molecule has 2 aliphatic rings. The van der Waals surface area contributed by atoms with Crippen LogP contribution in [0.5, 0.6) is 0 Å². The molecule has 0 aromatic heterocycles. The van der Waals surface area contributed by atoms with Crippen LogP contribution in [0.15, 0.2) is 0 Å². The number of esters is 1. The molecular weight excluding hydrogens is 532 g/mol. The Morgan fingerprint density at radius 2 is 1.26 bits per heavy atom. The molecule has 7 nitrogen and oxygen atoms in total. The van der Waals surface area contributed by atoms with E-state index >= 15 is 0 Å². The number of ether oxygens (including phenoxy) is 2. The van der Waals surface area contributed by atoms with Crippen LogP contribution < -0.4 is 0 Å². The largest absolute Gasteiger partial charge is 0.462 e. The molecule has 2 heterocycles. The Balaban J connectivity index is 1.41. The van der Waals surface area contributed by atoms with E-state index < -0.39 is 12.2 Å². The lowest BCUT2D eigenvalue weighted by Gasteiger charge is -2.22. The molecule has 6 atom stereocenters. The first kappa shape index (κ1) is 36.9. The molecule has 0 aromatic carbocycles. The SMILES string of the molecule is CCCCCCCCCCCC[C@@H](O)[C@H]1CC[C@@H]([C@H](O)CCCCCC(=O)CCCC[C@H]2C[C@@H](CC(C)=O)C(=O)O2)O1. The lowest BCUT2D eigenvalue weighted by atomic mass is 9.96. The fraction of sp³-hybridized carbons (Fsp3) is 0.914. The predicted molar refractivity (Wildman–Crippen MR) is 166 cm³/mol. The second-order valence-electron chi connectivity index (χ2n) is 13.2. The highest BCUT2D eigenvalue weighted by molar-refractivity contribution is 5.83. The fourth-order valence-electron chi connectivity index (χ4n) is 6.55. The average molecular weight is 595 g/mol. The third-order valence-corrected chi connectivity index (χ3v) is 9.18. The van der Waals surface area contributed by atoms with Gasteiger partial charge in [0.15, 0.2) is 0 Å². The number of aliphatic hydroxyl groups excluding tert-OH is 2. The van der Waals surface area contributed by atoms with Gasteiger partial charge in [-0.25, -0.2) is 0 Å². The number of carbonyl (C=O) groups is 3. The number of Topliss-reactive ketones (excluding diaryl/α,β-unsaturated/α-hetero) is 2. The van der Waals surface area contributed by atoms with E-state index in [0.29, 0.717) is 25.7 Å². The van der Waals surface area contributed by atoms with Crippen molar-refractivity contribution in [2.24, 2.45) is 5.92 Å². The van der Waals surface area contributed by atoms with Crippen LogP contribution in [0.2, 0.25) is 0 Å².